The van der Waals surface area contributed by atoms with Crippen molar-refractivity contribution in [3.05, 3.63) is 96.5 Å². The van der Waals surface area contributed by atoms with Gasteiger partial charge in [-0.2, -0.15) is 0 Å². The van der Waals surface area contributed by atoms with E-state index in [4.69, 9.17) is 15.8 Å². The summed E-state index contributed by atoms with van der Waals surface area (Å²) in [7, 11) is 0. The van der Waals surface area contributed by atoms with E-state index >= 15 is 0 Å². The van der Waals surface area contributed by atoms with Crippen molar-refractivity contribution in [1.29, 1.82) is 0 Å². The van der Waals surface area contributed by atoms with Crippen LogP contribution in [0.4, 0.5) is 15.0 Å². The number of halogens is 1. The van der Waals surface area contributed by atoms with E-state index in [-0.39, 0.29) is 37.0 Å². The maximum atomic E-state index is 14.5. The lowest BCUT2D eigenvalue weighted by Crippen LogP contribution is -2.52. The molecule has 3 rings (SSSR count). The number of nitrogens with zero attached hydrogens (tertiary/aromatic N) is 1. The van der Waals surface area contributed by atoms with Gasteiger partial charge in [0.15, 0.2) is 0 Å². The van der Waals surface area contributed by atoms with E-state index in [1.54, 1.807) is 18.2 Å². The Labute approximate surface area is 262 Å². The highest BCUT2D eigenvalue weighted by Gasteiger charge is 2.28. The van der Waals surface area contributed by atoms with Crippen LogP contribution in [0.3, 0.4) is 0 Å². The third kappa shape index (κ3) is 10.0. The predicted molar refractivity (Wildman–Crippen MR) is 176 cm³/mol. The van der Waals surface area contributed by atoms with Crippen molar-refractivity contribution in [1.82, 2.24) is 20.9 Å². The van der Waals surface area contributed by atoms with Gasteiger partial charge in [0.1, 0.15) is 23.7 Å². The first-order valence-electron chi connectivity index (χ1n) is 14.6. The van der Waals surface area contributed by atoms with Crippen molar-refractivity contribution < 1.29 is 23.9 Å². The van der Waals surface area contributed by atoms with Gasteiger partial charge in [-0.3, -0.25) is 9.59 Å². The highest BCUT2D eigenvalue weighted by Crippen LogP contribution is 2.28. The highest BCUT2D eigenvalue weighted by atomic mass is 19.1. The number of anilines is 1. The minimum Gasteiger partial charge on any atom is -0.392 e. The largest absolute Gasteiger partial charge is 0.392 e. The molecule has 0 radical (unpaired) electrons. The van der Waals surface area contributed by atoms with Crippen molar-refractivity contribution in [2.75, 3.05) is 18.5 Å². The van der Waals surface area contributed by atoms with Crippen molar-refractivity contribution in [2.24, 2.45) is 11.7 Å². The minimum absolute atomic E-state index is 0.199. The highest BCUT2D eigenvalue weighted by molar-refractivity contribution is 5.93. The fourth-order valence-electron chi connectivity index (χ4n) is 4.64. The first-order chi connectivity index (χ1) is 21.4. The fourth-order valence-corrected chi connectivity index (χ4v) is 4.64. The van der Waals surface area contributed by atoms with E-state index in [1.807, 2.05) is 45.0 Å². The summed E-state index contributed by atoms with van der Waals surface area (Å²) in [5.41, 5.74) is 8.51. The number of primary amides is 1. The molecule has 3 aromatic rings. The van der Waals surface area contributed by atoms with Crippen molar-refractivity contribution in [3.63, 3.8) is 0 Å². The maximum Gasteiger partial charge on any atom is 0.312 e. The van der Waals surface area contributed by atoms with Gasteiger partial charge in [-0.15, -0.1) is 0 Å². The molecule has 4 amide bonds. The molecule has 0 saturated heterocycles. The summed E-state index contributed by atoms with van der Waals surface area (Å²) < 4.78 is 14.5. The number of amides is 4. The molecule has 0 aliphatic rings. The van der Waals surface area contributed by atoms with Crippen molar-refractivity contribution >= 4 is 34.6 Å². The summed E-state index contributed by atoms with van der Waals surface area (Å²) in [4.78, 5) is 42.6. The summed E-state index contributed by atoms with van der Waals surface area (Å²) >= 11 is 0. The summed E-state index contributed by atoms with van der Waals surface area (Å²) in [5.74, 6) is -1.01. The first-order valence-corrected chi connectivity index (χ1v) is 14.6. The lowest BCUT2D eigenvalue weighted by molar-refractivity contribution is -0.129. The van der Waals surface area contributed by atoms with Crippen LogP contribution in [0, 0.1) is 18.7 Å². The molecule has 2 aromatic carbocycles. The number of fused-ring (bicyclic) bond motifs is 1. The zero-order chi connectivity index (χ0) is 33.1. The molecule has 2 atom stereocenters. The van der Waals surface area contributed by atoms with Crippen molar-refractivity contribution in [2.45, 2.75) is 45.7 Å². The number of carbonyl (C=O) groups excluding carboxylic acids is 3. The molecule has 11 heteroatoms. The van der Waals surface area contributed by atoms with Crippen molar-refractivity contribution in [3.8, 4) is 11.1 Å². The molecule has 7 N–H and O–H groups in total. The van der Waals surface area contributed by atoms with E-state index in [1.165, 1.54) is 18.2 Å². The van der Waals surface area contributed by atoms with Gasteiger partial charge in [-0.1, -0.05) is 63.4 Å². The Morgan fingerprint density at radius 2 is 1.80 bits per heavy atom. The number of hydrogen-bond donors (Lipinski definition) is 6. The number of benzene rings is 2. The third-order valence-electron chi connectivity index (χ3n) is 7.06. The third-order valence-corrected chi connectivity index (χ3v) is 7.06. The number of hydrogen-bond acceptors (Lipinski definition) is 6. The number of aromatic nitrogens is 1. The smallest absolute Gasteiger partial charge is 0.312 e. The van der Waals surface area contributed by atoms with Gasteiger partial charge < -0.3 is 32.1 Å². The van der Waals surface area contributed by atoms with E-state index in [0.717, 1.165) is 10.9 Å². The second-order valence-corrected chi connectivity index (χ2v) is 11.1. The Hall–Kier alpha value is -5.03. The number of aryl methyl sites for hydroxylation is 1. The first kappa shape index (κ1) is 34.5. The second kappa shape index (κ2) is 16.2. The van der Waals surface area contributed by atoms with Crippen LogP contribution >= 0.6 is 0 Å². The summed E-state index contributed by atoms with van der Waals surface area (Å²) in [5, 5.41) is 21.2. The second-order valence-electron chi connectivity index (χ2n) is 11.1. The standard InChI is InChI=1S/C34H41FN6O4/c1-20(2)31(33(44)40-28(11-8-16-37-34(36)45)32(43)38-23(5)13-12-21(3)19-42)41-30-17-22(4)25-15-14-24(18-29(25)39-30)26-9-6-7-10-27(26)35/h6-7,9-10,12-15,17-18,20,28,31,42H,3,5,8,11,16,19H2,1-2,4H3,(H,38,43)(H,39,41)(H,40,44)(H3,36,37,45)/b13-12-/t28-,31-/m0/s1. The number of rotatable bonds is 15. The Balaban J connectivity index is 1.82. The lowest BCUT2D eigenvalue weighted by atomic mass is 10.0. The Morgan fingerprint density at radius 1 is 1.07 bits per heavy atom. The molecule has 10 nitrogen and oxygen atoms in total. The van der Waals surface area contributed by atoms with Gasteiger partial charge in [0, 0.05) is 23.2 Å². The molecule has 45 heavy (non-hydrogen) atoms. The molecule has 0 saturated carbocycles. The normalized spacial score (nSPS) is 12.5. The van der Waals surface area contributed by atoms with E-state index < -0.39 is 29.9 Å². The SMILES string of the molecule is C=C(/C=C\C(=C)NC(=O)[C@H](CCCNC(N)=O)NC(=O)[C@@H](Nc1cc(C)c2ccc(-c3ccccc3F)cc2n1)C(C)C)CO. The van der Waals surface area contributed by atoms with Crippen LogP contribution in [-0.2, 0) is 9.59 Å². The van der Waals surface area contributed by atoms with Crippen LogP contribution in [-0.4, -0.2) is 53.2 Å². The number of nitrogens with one attached hydrogen (secondary N) is 4. The summed E-state index contributed by atoms with van der Waals surface area (Å²) in [6.45, 7) is 13.1. The molecule has 0 unspecified atom stereocenters. The summed E-state index contributed by atoms with van der Waals surface area (Å²) in [6.07, 6.45) is 3.58. The van der Waals surface area contributed by atoms with Gasteiger partial charge in [0.05, 0.1) is 12.1 Å². The van der Waals surface area contributed by atoms with E-state index in [9.17, 15) is 18.8 Å². The Kier molecular flexibility index (Phi) is 12.4. The van der Waals surface area contributed by atoms with E-state index in [0.29, 0.717) is 34.5 Å². The number of nitrogens with two attached hydrogens (primary N) is 1. The topological polar surface area (TPSA) is 158 Å². The number of carbonyl (C=O) groups is 3. The average Bonchev–Trinajstić information content (AvgIpc) is 2.99. The molecule has 0 spiro atoms. The molecule has 0 aliphatic carbocycles. The number of urea groups is 1. The molecule has 1 heterocycles. The zero-order valence-corrected chi connectivity index (χ0v) is 25.8. The number of aliphatic hydroxyl groups is 1. The molecule has 0 aliphatic heterocycles. The number of pyridine rings is 1. The maximum absolute atomic E-state index is 14.5. The van der Waals surface area contributed by atoms with Crippen LogP contribution < -0.4 is 27.0 Å². The average molecular weight is 617 g/mol. The quantitative estimate of drug-likeness (QED) is 0.109. The van der Waals surface area contributed by atoms with Gasteiger partial charge >= 0.3 is 6.03 Å². The van der Waals surface area contributed by atoms with Crippen LogP contribution in [0.5, 0.6) is 0 Å². The minimum atomic E-state index is -0.962. The molecule has 1 aromatic heterocycles. The molecular weight excluding hydrogens is 575 g/mol. The number of aliphatic hydroxyl groups excluding tert-OH is 1. The molecule has 0 fully saturated rings. The van der Waals surface area contributed by atoms with Crippen LogP contribution in [0.1, 0.15) is 32.3 Å². The van der Waals surface area contributed by atoms with E-state index in [2.05, 4.69) is 34.4 Å². The lowest BCUT2D eigenvalue weighted by Gasteiger charge is -2.26. The van der Waals surface area contributed by atoms with Gasteiger partial charge in [-0.05, 0) is 66.7 Å². The van der Waals surface area contributed by atoms with Crippen LogP contribution in [0.25, 0.3) is 22.0 Å². The van der Waals surface area contributed by atoms with Crippen LogP contribution in [0.2, 0.25) is 0 Å². The van der Waals surface area contributed by atoms with Gasteiger partial charge in [0.2, 0.25) is 11.8 Å². The summed E-state index contributed by atoms with van der Waals surface area (Å²) in [6, 6.07) is 11.5. The molecule has 0 bridgehead atoms. The Morgan fingerprint density at radius 3 is 2.47 bits per heavy atom. The monoisotopic (exact) mass is 616 g/mol. The Bertz CT molecular complexity index is 1600. The predicted octanol–water partition coefficient (Wildman–Crippen LogP) is 4.45. The fraction of sp³-hybridized carbons (Fsp3) is 0.294. The van der Waals surface area contributed by atoms with Crippen LogP contribution in [0.15, 0.2) is 85.1 Å². The zero-order valence-electron chi connectivity index (χ0n) is 25.8. The molecule has 238 valence electrons. The molecular formula is C34H41FN6O4. The van der Waals surface area contributed by atoms with Gasteiger partial charge in [0.25, 0.3) is 0 Å². The van der Waals surface area contributed by atoms with Gasteiger partial charge in [-0.25, -0.2) is 14.2 Å². The number of allylic oxidation sites excluding steroid dienone is 1.